The monoisotopic (exact) mass is 394 g/mol. The molecule has 0 radical (unpaired) electrons. The van der Waals surface area contributed by atoms with Crippen LogP contribution in [-0.4, -0.2) is 13.1 Å². The summed E-state index contributed by atoms with van der Waals surface area (Å²) in [7, 11) is 1.43. The van der Waals surface area contributed by atoms with E-state index in [2.05, 4.69) is 53.1 Å². The first-order valence-electron chi connectivity index (χ1n) is 10.0. The molecule has 0 amide bonds. The van der Waals surface area contributed by atoms with Crippen LogP contribution >= 0.6 is 0 Å². The molecule has 0 saturated heterocycles. The summed E-state index contributed by atoms with van der Waals surface area (Å²) in [6.07, 6.45) is 0. The molecule has 1 heterocycles. The third-order valence-electron chi connectivity index (χ3n) is 5.28. The molecule has 4 rings (SSSR count). The Hall–Kier alpha value is -3.72. The van der Waals surface area contributed by atoms with Gasteiger partial charge in [0.05, 0.1) is 7.11 Å². The van der Waals surface area contributed by atoms with E-state index in [9.17, 15) is 4.79 Å². The Kier molecular flexibility index (Phi) is 5.71. The Morgan fingerprint density at radius 3 is 1.47 bits per heavy atom. The van der Waals surface area contributed by atoms with E-state index >= 15 is 0 Å². The van der Waals surface area contributed by atoms with Gasteiger partial charge in [0.1, 0.15) is 0 Å². The highest BCUT2D eigenvalue weighted by Crippen LogP contribution is 2.30. The molecule has 0 N–H and O–H groups in total. The summed E-state index contributed by atoms with van der Waals surface area (Å²) in [5, 5.41) is 0. The molecular formula is C27H24NO2+. The summed E-state index contributed by atoms with van der Waals surface area (Å²) in [5.41, 5.74) is 6.25. The van der Waals surface area contributed by atoms with Crippen LogP contribution in [0.5, 0.6) is 0 Å². The molecule has 0 saturated carbocycles. The number of ether oxygens (including phenoxy) is 1. The van der Waals surface area contributed by atoms with Gasteiger partial charge in [-0.25, -0.2) is 4.79 Å². The number of hydrogen-bond donors (Lipinski definition) is 0. The van der Waals surface area contributed by atoms with Crippen molar-refractivity contribution in [3.63, 3.8) is 0 Å². The maximum Gasteiger partial charge on any atom is 0.375 e. The van der Waals surface area contributed by atoms with Crippen molar-refractivity contribution >= 4 is 5.97 Å². The molecule has 0 aliphatic heterocycles. The molecule has 4 aromatic rings. The Bertz CT molecular complexity index is 1080. The van der Waals surface area contributed by atoms with Crippen molar-refractivity contribution < 1.29 is 14.1 Å². The first kappa shape index (κ1) is 19.6. The Morgan fingerprint density at radius 1 is 0.667 bits per heavy atom. The third-order valence-corrected chi connectivity index (χ3v) is 5.28. The minimum absolute atomic E-state index is 0.276. The number of nitrogens with zero attached hydrogens (tertiary/aromatic N) is 1. The molecule has 3 nitrogen and oxygen atoms in total. The molecule has 1 aromatic heterocycles. The smallest absolute Gasteiger partial charge is 0.375 e. The zero-order valence-electron chi connectivity index (χ0n) is 17.2. The first-order valence-corrected chi connectivity index (χ1v) is 10.0. The number of aromatic nitrogens is 1. The van der Waals surface area contributed by atoms with Gasteiger partial charge in [0, 0.05) is 30.2 Å². The Balaban J connectivity index is 2.06. The zero-order chi connectivity index (χ0) is 20.9. The number of pyridine rings is 1. The lowest BCUT2D eigenvalue weighted by molar-refractivity contribution is -0.686. The second-order valence-electron chi connectivity index (χ2n) is 7.18. The molecule has 148 valence electrons. The van der Waals surface area contributed by atoms with E-state index in [0.29, 0.717) is 0 Å². The van der Waals surface area contributed by atoms with Crippen molar-refractivity contribution in [2.75, 3.05) is 7.11 Å². The number of hydrogen-bond acceptors (Lipinski definition) is 2. The van der Waals surface area contributed by atoms with Crippen LogP contribution < -0.4 is 4.57 Å². The molecule has 1 unspecified atom stereocenters. The van der Waals surface area contributed by atoms with Crippen LogP contribution in [0.4, 0.5) is 0 Å². The van der Waals surface area contributed by atoms with Gasteiger partial charge in [-0.2, -0.15) is 4.57 Å². The van der Waals surface area contributed by atoms with Gasteiger partial charge in [-0.15, -0.1) is 0 Å². The fourth-order valence-corrected chi connectivity index (χ4v) is 3.76. The van der Waals surface area contributed by atoms with Gasteiger partial charge < -0.3 is 4.74 Å². The summed E-state index contributed by atoms with van der Waals surface area (Å²) in [5.74, 6) is -0.276. The molecule has 3 aromatic carbocycles. The van der Waals surface area contributed by atoms with E-state index < -0.39 is 6.04 Å². The summed E-state index contributed by atoms with van der Waals surface area (Å²) in [6.45, 7) is 1.88. The van der Waals surface area contributed by atoms with E-state index in [0.717, 1.165) is 33.6 Å². The fraction of sp³-hybridized carbons (Fsp3) is 0.111. The third kappa shape index (κ3) is 3.87. The fourth-order valence-electron chi connectivity index (χ4n) is 3.76. The molecule has 0 spiro atoms. The minimum atomic E-state index is -0.481. The SMILES string of the molecule is COC(=O)C(C)[n+]1c(-c2ccccc2)cc(-c2ccccc2)cc1-c1ccccc1. The van der Waals surface area contributed by atoms with Crippen LogP contribution in [0.3, 0.4) is 0 Å². The maximum absolute atomic E-state index is 12.6. The second kappa shape index (κ2) is 8.75. The van der Waals surface area contributed by atoms with E-state index in [-0.39, 0.29) is 5.97 Å². The van der Waals surface area contributed by atoms with Crippen LogP contribution in [0, 0.1) is 0 Å². The summed E-state index contributed by atoms with van der Waals surface area (Å²) in [4.78, 5) is 12.6. The largest absolute Gasteiger partial charge is 0.464 e. The molecule has 0 aliphatic carbocycles. The summed E-state index contributed by atoms with van der Waals surface area (Å²) in [6, 6.07) is 34.4. The number of rotatable bonds is 5. The van der Waals surface area contributed by atoms with Gasteiger partial charge in [0.25, 0.3) is 6.04 Å². The number of benzene rings is 3. The van der Waals surface area contributed by atoms with E-state index in [1.165, 1.54) is 7.11 Å². The van der Waals surface area contributed by atoms with E-state index in [4.69, 9.17) is 4.74 Å². The molecule has 0 fully saturated rings. The summed E-state index contributed by atoms with van der Waals surface area (Å²) >= 11 is 0. The van der Waals surface area contributed by atoms with Crippen molar-refractivity contribution in [2.24, 2.45) is 0 Å². The minimum Gasteiger partial charge on any atom is -0.464 e. The highest BCUT2D eigenvalue weighted by molar-refractivity contribution is 5.76. The van der Waals surface area contributed by atoms with E-state index in [1.807, 2.05) is 61.5 Å². The number of carbonyl (C=O) groups excluding carboxylic acids is 1. The van der Waals surface area contributed by atoms with Crippen molar-refractivity contribution in [1.29, 1.82) is 0 Å². The lowest BCUT2D eigenvalue weighted by Crippen LogP contribution is -2.46. The zero-order valence-corrected chi connectivity index (χ0v) is 17.2. The highest BCUT2D eigenvalue weighted by Gasteiger charge is 2.32. The molecule has 3 heteroatoms. The standard InChI is InChI=1S/C27H24NO2/c1-20(27(29)30-2)28-25(22-14-8-4-9-15-22)18-24(21-12-6-3-7-13-21)19-26(28)23-16-10-5-11-17-23/h3-20H,1-2H3/q+1. The van der Waals surface area contributed by atoms with Crippen molar-refractivity contribution in [3.8, 4) is 33.6 Å². The highest BCUT2D eigenvalue weighted by atomic mass is 16.5. The predicted octanol–water partition coefficient (Wildman–Crippen LogP) is 5.71. The molecule has 0 bridgehead atoms. The maximum atomic E-state index is 12.6. The van der Waals surface area contributed by atoms with Crippen molar-refractivity contribution in [2.45, 2.75) is 13.0 Å². The lowest BCUT2D eigenvalue weighted by Gasteiger charge is -2.16. The molecular weight excluding hydrogens is 370 g/mol. The molecule has 30 heavy (non-hydrogen) atoms. The van der Waals surface area contributed by atoms with Crippen molar-refractivity contribution in [1.82, 2.24) is 0 Å². The summed E-state index contributed by atoms with van der Waals surface area (Å²) < 4.78 is 7.18. The molecule has 1 atom stereocenters. The number of carbonyl (C=O) groups is 1. The Labute approximate surface area is 177 Å². The van der Waals surface area contributed by atoms with Crippen LogP contribution in [0.1, 0.15) is 13.0 Å². The normalized spacial score (nSPS) is 11.7. The van der Waals surface area contributed by atoms with Crippen molar-refractivity contribution in [3.05, 3.63) is 103 Å². The van der Waals surface area contributed by atoms with Gasteiger partial charge >= 0.3 is 5.97 Å². The van der Waals surface area contributed by atoms with Crippen LogP contribution in [0.2, 0.25) is 0 Å². The van der Waals surface area contributed by atoms with Gasteiger partial charge in [0.15, 0.2) is 0 Å². The van der Waals surface area contributed by atoms with Gasteiger partial charge in [-0.05, 0) is 35.4 Å². The number of esters is 1. The molecule has 0 aliphatic rings. The van der Waals surface area contributed by atoms with Gasteiger partial charge in [-0.3, -0.25) is 0 Å². The van der Waals surface area contributed by atoms with Crippen LogP contribution in [-0.2, 0) is 9.53 Å². The average molecular weight is 394 g/mol. The van der Waals surface area contributed by atoms with Gasteiger partial charge in [-0.1, -0.05) is 66.7 Å². The topological polar surface area (TPSA) is 30.2 Å². The average Bonchev–Trinajstić information content (AvgIpc) is 2.84. The Morgan fingerprint density at radius 2 is 1.07 bits per heavy atom. The van der Waals surface area contributed by atoms with E-state index in [1.54, 1.807) is 0 Å². The lowest BCUT2D eigenvalue weighted by atomic mass is 9.98. The predicted molar refractivity (Wildman–Crippen MR) is 120 cm³/mol. The van der Waals surface area contributed by atoms with Crippen LogP contribution in [0.15, 0.2) is 103 Å². The van der Waals surface area contributed by atoms with Crippen LogP contribution in [0.25, 0.3) is 33.6 Å². The van der Waals surface area contributed by atoms with Gasteiger partial charge in [0.2, 0.25) is 11.4 Å². The first-order chi connectivity index (χ1) is 14.7. The number of methoxy groups -OCH3 is 1. The second-order valence-corrected chi connectivity index (χ2v) is 7.18. The quantitative estimate of drug-likeness (QED) is 0.321.